The van der Waals surface area contributed by atoms with Crippen molar-refractivity contribution in [3.05, 3.63) is 58.5 Å². The molecule has 2 unspecified atom stereocenters. The second-order valence-corrected chi connectivity index (χ2v) is 9.90. The third-order valence-electron chi connectivity index (χ3n) is 6.05. The molecule has 0 amide bonds. The lowest BCUT2D eigenvalue weighted by Gasteiger charge is -2.21. The van der Waals surface area contributed by atoms with Gasteiger partial charge in [-0.05, 0) is 80.8 Å². The second-order valence-electron chi connectivity index (χ2n) is 8.90. The van der Waals surface area contributed by atoms with E-state index in [0.29, 0.717) is 33.8 Å². The van der Waals surface area contributed by atoms with Crippen LogP contribution in [-0.2, 0) is 11.2 Å². The molecule has 1 aliphatic heterocycles. The number of aryl methyl sites for hydroxylation is 1. The van der Waals surface area contributed by atoms with Gasteiger partial charge in [0.25, 0.3) is 0 Å². The number of nitrogen functional groups attached to an aromatic ring is 1. The molecule has 0 saturated carbocycles. The maximum Gasteiger partial charge on any atom is 0.308 e. The minimum absolute atomic E-state index is 0.0968. The number of nitrogens with two attached hydrogens (primary N) is 1. The summed E-state index contributed by atoms with van der Waals surface area (Å²) < 4.78 is 11.3. The maximum absolute atomic E-state index is 13.2. The lowest BCUT2D eigenvalue weighted by Crippen LogP contribution is -2.36. The minimum atomic E-state index is -0.395. The fraction of sp³-hybridized carbons (Fsp3) is 0.370. The van der Waals surface area contributed by atoms with Crippen molar-refractivity contribution in [3.8, 4) is 11.5 Å². The molecule has 4 N–H and O–H groups in total. The van der Waals surface area contributed by atoms with Crippen molar-refractivity contribution in [2.45, 2.75) is 58.6 Å². The van der Waals surface area contributed by atoms with Crippen LogP contribution in [0.5, 0.6) is 11.5 Å². The van der Waals surface area contributed by atoms with Gasteiger partial charge in [-0.25, -0.2) is 4.98 Å². The van der Waals surface area contributed by atoms with E-state index in [4.69, 9.17) is 15.2 Å². The van der Waals surface area contributed by atoms with Gasteiger partial charge in [-0.15, -0.1) is 0 Å². The van der Waals surface area contributed by atoms with E-state index in [2.05, 4.69) is 22.5 Å². The maximum atomic E-state index is 13.2. The Hall–Kier alpha value is -3.43. The number of benzene rings is 2. The first-order valence-corrected chi connectivity index (χ1v) is 13.0. The summed E-state index contributed by atoms with van der Waals surface area (Å²) in [5.74, 6) is 0.835. The number of ether oxygens (including phenoxy) is 2. The molecular formula is C27H32N4O4S. The van der Waals surface area contributed by atoms with E-state index in [1.165, 1.54) is 24.7 Å². The van der Waals surface area contributed by atoms with Crippen molar-refractivity contribution in [1.82, 2.24) is 10.3 Å². The molecule has 190 valence electrons. The molecule has 2 heterocycles. The van der Waals surface area contributed by atoms with Crippen LogP contribution in [0.3, 0.4) is 0 Å². The molecule has 1 aromatic heterocycles. The zero-order chi connectivity index (χ0) is 25.7. The van der Waals surface area contributed by atoms with Gasteiger partial charge < -0.3 is 25.8 Å². The summed E-state index contributed by atoms with van der Waals surface area (Å²) in [7, 11) is 0. The Morgan fingerprint density at radius 3 is 2.69 bits per heavy atom. The topological polar surface area (TPSA) is 116 Å². The number of nitrogens with one attached hydrogen (secondary N) is 2. The largest absolute Gasteiger partial charge is 0.489 e. The molecule has 36 heavy (non-hydrogen) atoms. The summed E-state index contributed by atoms with van der Waals surface area (Å²) in [6, 6.07) is 13.1. The third kappa shape index (κ3) is 6.22. The number of thiazole rings is 1. The van der Waals surface area contributed by atoms with Gasteiger partial charge in [0.2, 0.25) is 5.78 Å². The summed E-state index contributed by atoms with van der Waals surface area (Å²) in [6.45, 7) is 6.51. The number of aromatic nitrogens is 1. The highest BCUT2D eigenvalue weighted by molar-refractivity contribution is 7.18. The molecule has 1 saturated heterocycles. The van der Waals surface area contributed by atoms with E-state index >= 15 is 0 Å². The second kappa shape index (κ2) is 11.5. The van der Waals surface area contributed by atoms with E-state index in [-0.39, 0.29) is 17.7 Å². The van der Waals surface area contributed by atoms with Crippen LogP contribution in [0.1, 0.15) is 60.8 Å². The predicted molar refractivity (Wildman–Crippen MR) is 143 cm³/mol. The third-order valence-corrected chi connectivity index (χ3v) is 7.03. The fourth-order valence-corrected chi connectivity index (χ4v) is 5.14. The van der Waals surface area contributed by atoms with Gasteiger partial charge in [0, 0.05) is 24.2 Å². The molecular weight excluding hydrogens is 476 g/mol. The molecule has 1 aliphatic rings. The number of rotatable bonds is 10. The number of ketones is 1. The molecule has 2 atom stereocenters. The number of esters is 1. The Kier molecular flexibility index (Phi) is 8.22. The van der Waals surface area contributed by atoms with Crippen LogP contribution >= 0.6 is 11.3 Å². The summed E-state index contributed by atoms with van der Waals surface area (Å²) in [5, 5.41) is 7.21. The normalized spacial score (nSPS) is 15.9. The van der Waals surface area contributed by atoms with Gasteiger partial charge in [-0.1, -0.05) is 24.7 Å². The molecule has 0 spiro atoms. The van der Waals surface area contributed by atoms with Gasteiger partial charge in [0.05, 0.1) is 0 Å². The summed E-state index contributed by atoms with van der Waals surface area (Å²) in [6.07, 6.45) is 3.94. The van der Waals surface area contributed by atoms with Crippen LogP contribution in [-0.4, -0.2) is 35.4 Å². The van der Waals surface area contributed by atoms with E-state index in [1.807, 2.05) is 31.2 Å². The number of hydrogen-bond acceptors (Lipinski definition) is 9. The van der Waals surface area contributed by atoms with E-state index in [9.17, 15) is 9.59 Å². The van der Waals surface area contributed by atoms with Crippen LogP contribution in [0, 0.1) is 0 Å². The van der Waals surface area contributed by atoms with E-state index < -0.39 is 5.97 Å². The van der Waals surface area contributed by atoms with Crippen LogP contribution in [0.2, 0.25) is 0 Å². The Labute approximate surface area is 215 Å². The van der Waals surface area contributed by atoms with E-state index in [0.717, 1.165) is 36.4 Å². The highest BCUT2D eigenvalue weighted by Crippen LogP contribution is 2.32. The molecule has 9 heteroatoms. The van der Waals surface area contributed by atoms with Crippen molar-refractivity contribution < 1.29 is 19.1 Å². The van der Waals surface area contributed by atoms with Crippen LogP contribution in [0.4, 0.5) is 16.6 Å². The molecule has 2 aromatic carbocycles. The summed E-state index contributed by atoms with van der Waals surface area (Å²) in [5.41, 5.74) is 8.21. The van der Waals surface area contributed by atoms with Gasteiger partial charge in [0.15, 0.2) is 5.13 Å². The molecule has 4 rings (SSSR count). The molecule has 0 aliphatic carbocycles. The predicted octanol–water partition coefficient (Wildman–Crippen LogP) is 5.10. The average Bonchev–Trinajstić information content (AvgIpc) is 3.51. The first-order chi connectivity index (χ1) is 17.3. The van der Waals surface area contributed by atoms with Crippen molar-refractivity contribution in [2.24, 2.45) is 0 Å². The lowest BCUT2D eigenvalue weighted by molar-refractivity contribution is -0.131. The number of anilines is 3. The first-order valence-electron chi connectivity index (χ1n) is 12.2. The van der Waals surface area contributed by atoms with Gasteiger partial charge in [-0.3, -0.25) is 9.59 Å². The highest BCUT2D eigenvalue weighted by Gasteiger charge is 2.22. The zero-order valence-electron chi connectivity index (χ0n) is 20.8. The molecule has 8 nitrogen and oxygen atoms in total. The molecule has 0 bridgehead atoms. The van der Waals surface area contributed by atoms with Crippen LogP contribution in [0.15, 0.2) is 42.5 Å². The molecule has 3 aromatic rings. The highest BCUT2D eigenvalue weighted by atomic mass is 32.1. The van der Waals surface area contributed by atoms with Crippen LogP contribution in [0.25, 0.3) is 0 Å². The average molecular weight is 509 g/mol. The standard InChI is InChI=1S/C27H32N4O4S/c1-4-6-18-15-19(8-13-23(18)35-17(3)32)24(33)25-26(28)31-27(36-25)30-20-9-11-21(12-10-20)34-16(2)22-7-5-14-29-22/h8-13,15-16,22,29H,4-7,14,28H2,1-3H3,(H,30,31). The summed E-state index contributed by atoms with van der Waals surface area (Å²) >= 11 is 1.20. The molecule has 1 fully saturated rings. The number of carbonyl (C=O) groups is 2. The monoisotopic (exact) mass is 508 g/mol. The van der Waals surface area contributed by atoms with Crippen molar-refractivity contribution in [2.75, 3.05) is 17.6 Å². The zero-order valence-corrected chi connectivity index (χ0v) is 21.6. The summed E-state index contributed by atoms with van der Waals surface area (Å²) in [4.78, 5) is 29.3. The van der Waals surface area contributed by atoms with E-state index in [1.54, 1.807) is 18.2 Å². The van der Waals surface area contributed by atoms with Gasteiger partial charge >= 0.3 is 5.97 Å². The number of carbonyl (C=O) groups excluding carboxylic acids is 2. The quantitative estimate of drug-likeness (QED) is 0.197. The van der Waals surface area contributed by atoms with Crippen molar-refractivity contribution >= 4 is 39.7 Å². The smallest absolute Gasteiger partial charge is 0.308 e. The Morgan fingerprint density at radius 1 is 1.25 bits per heavy atom. The fourth-order valence-electron chi connectivity index (χ4n) is 4.27. The SMILES string of the molecule is CCCc1cc(C(=O)c2sc(Nc3ccc(OC(C)C4CCCN4)cc3)nc2N)ccc1OC(C)=O. The van der Waals surface area contributed by atoms with Crippen molar-refractivity contribution in [3.63, 3.8) is 0 Å². The Morgan fingerprint density at radius 2 is 2.03 bits per heavy atom. The van der Waals surface area contributed by atoms with Gasteiger partial charge in [0.1, 0.15) is 28.3 Å². The van der Waals surface area contributed by atoms with Crippen LogP contribution < -0.4 is 25.8 Å². The Balaban J connectivity index is 1.44. The van der Waals surface area contributed by atoms with Crippen molar-refractivity contribution in [1.29, 1.82) is 0 Å². The first kappa shape index (κ1) is 25.7. The number of nitrogens with zero attached hydrogens (tertiary/aromatic N) is 1. The minimum Gasteiger partial charge on any atom is -0.489 e. The van der Waals surface area contributed by atoms with Gasteiger partial charge in [-0.2, -0.15) is 0 Å². The molecule has 0 radical (unpaired) electrons. The number of hydrogen-bond donors (Lipinski definition) is 3. The lowest BCUT2D eigenvalue weighted by atomic mass is 10.0. The Bertz CT molecular complexity index is 1220.